The molecule has 1 aliphatic carbocycles. The monoisotopic (exact) mass is 434 g/mol. The number of piperidine rings is 1. The summed E-state index contributed by atoms with van der Waals surface area (Å²) in [6.45, 7) is 0.340. The summed E-state index contributed by atoms with van der Waals surface area (Å²) in [5.74, 6) is 0.680. The van der Waals surface area contributed by atoms with Gasteiger partial charge in [-0.2, -0.15) is 0 Å². The van der Waals surface area contributed by atoms with E-state index in [1.54, 1.807) is 11.0 Å². The van der Waals surface area contributed by atoms with Gasteiger partial charge in [0, 0.05) is 18.5 Å². The molecule has 2 aromatic rings. The van der Waals surface area contributed by atoms with Crippen LogP contribution in [0.1, 0.15) is 54.4 Å². The van der Waals surface area contributed by atoms with Gasteiger partial charge in [0.2, 0.25) is 11.8 Å². The standard InChI is InChI=1S/C25H26N2O5/c28-23-13-12-20(24(29)26-23)27-15-16-14-18(10-11-19(16)25(27)30)32-22-9-5-4-8-21(22)31-17-6-2-1-3-7-17/h1-3,6-7,10-11,14,20-22H,4-5,8-9,12-13,15H2,(H,26,28,29)/t20?,21-,22-/m1/s1. The van der Waals surface area contributed by atoms with Gasteiger partial charge in [-0.15, -0.1) is 0 Å². The van der Waals surface area contributed by atoms with E-state index in [2.05, 4.69) is 5.32 Å². The number of nitrogens with one attached hydrogen (secondary N) is 1. The Morgan fingerprint density at radius 3 is 2.28 bits per heavy atom. The number of hydrogen-bond acceptors (Lipinski definition) is 5. The van der Waals surface area contributed by atoms with E-state index in [1.807, 2.05) is 42.5 Å². The van der Waals surface area contributed by atoms with Gasteiger partial charge in [0.25, 0.3) is 5.91 Å². The van der Waals surface area contributed by atoms with Crippen LogP contribution < -0.4 is 14.8 Å². The molecule has 1 unspecified atom stereocenters. The maximum Gasteiger partial charge on any atom is 0.255 e. The van der Waals surface area contributed by atoms with Crippen LogP contribution in [0.2, 0.25) is 0 Å². The molecule has 3 amide bonds. The van der Waals surface area contributed by atoms with Crippen LogP contribution in [0.15, 0.2) is 48.5 Å². The average Bonchev–Trinajstić information content (AvgIpc) is 3.11. The predicted molar refractivity (Wildman–Crippen MR) is 116 cm³/mol. The lowest BCUT2D eigenvalue weighted by atomic mass is 9.94. The summed E-state index contributed by atoms with van der Waals surface area (Å²) in [5, 5.41) is 2.33. The number of rotatable bonds is 5. The highest BCUT2D eigenvalue weighted by Gasteiger charge is 2.39. The summed E-state index contributed by atoms with van der Waals surface area (Å²) in [7, 11) is 0. The van der Waals surface area contributed by atoms with Crippen molar-refractivity contribution in [3.05, 3.63) is 59.7 Å². The van der Waals surface area contributed by atoms with Crippen molar-refractivity contribution in [3.8, 4) is 11.5 Å². The Balaban J connectivity index is 1.29. The molecule has 2 aliphatic heterocycles. The predicted octanol–water partition coefficient (Wildman–Crippen LogP) is 3.22. The second-order valence-corrected chi connectivity index (χ2v) is 8.63. The Hall–Kier alpha value is -3.35. The molecule has 0 bridgehead atoms. The van der Waals surface area contributed by atoms with Crippen LogP contribution in [0.25, 0.3) is 0 Å². The molecule has 3 atom stereocenters. The molecular weight excluding hydrogens is 408 g/mol. The molecule has 7 nitrogen and oxygen atoms in total. The van der Waals surface area contributed by atoms with E-state index in [4.69, 9.17) is 9.47 Å². The summed E-state index contributed by atoms with van der Waals surface area (Å²) < 4.78 is 12.5. The highest BCUT2D eigenvalue weighted by atomic mass is 16.5. The first kappa shape index (κ1) is 20.5. The number of nitrogens with zero attached hydrogens (tertiary/aromatic N) is 1. The minimum atomic E-state index is -0.612. The lowest BCUT2D eigenvalue weighted by Gasteiger charge is -2.32. The molecule has 3 aliphatic rings. The highest BCUT2D eigenvalue weighted by molar-refractivity contribution is 6.05. The molecule has 0 spiro atoms. The molecular formula is C25H26N2O5. The zero-order chi connectivity index (χ0) is 22.1. The number of amides is 3. The van der Waals surface area contributed by atoms with E-state index in [1.165, 1.54) is 0 Å². The number of carbonyl (C=O) groups excluding carboxylic acids is 3. The zero-order valence-electron chi connectivity index (χ0n) is 17.8. The van der Waals surface area contributed by atoms with E-state index >= 15 is 0 Å². The SMILES string of the molecule is O=C1CCC(N2Cc3cc(O[C@@H]4CCCC[C@H]4Oc4ccccc4)ccc3C2=O)C(=O)N1. The highest BCUT2D eigenvalue weighted by Crippen LogP contribution is 2.32. The average molecular weight is 434 g/mol. The molecule has 5 rings (SSSR count). The van der Waals surface area contributed by atoms with Crippen LogP contribution in [0, 0.1) is 0 Å². The van der Waals surface area contributed by atoms with Crippen LogP contribution in [0.3, 0.4) is 0 Å². The van der Waals surface area contributed by atoms with Gasteiger partial charge in [-0.1, -0.05) is 18.2 Å². The van der Waals surface area contributed by atoms with Gasteiger partial charge in [0.15, 0.2) is 0 Å². The Labute approximate surface area is 186 Å². The minimum Gasteiger partial charge on any atom is -0.487 e. The van der Waals surface area contributed by atoms with Crippen molar-refractivity contribution in [2.75, 3.05) is 0 Å². The lowest BCUT2D eigenvalue weighted by Crippen LogP contribution is -2.52. The zero-order valence-corrected chi connectivity index (χ0v) is 17.8. The molecule has 1 N–H and O–H groups in total. The number of imide groups is 1. The molecule has 32 heavy (non-hydrogen) atoms. The number of carbonyl (C=O) groups is 3. The van der Waals surface area contributed by atoms with Gasteiger partial charge in [0.1, 0.15) is 29.7 Å². The van der Waals surface area contributed by atoms with Crippen LogP contribution >= 0.6 is 0 Å². The fourth-order valence-corrected chi connectivity index (χ4v) is 4.81. The van der Waals surface area contributed by atoms with Crippen LogP contribution in [0.5, 0.6) is 11.5 Å². The van der Waals surface area contributed by atoms with Crippen molar-refractivity contribution in [1.29, 1.82) is 0 Å². The van der Waals surface area contributed by atoms with Crippen molar-refractivity contribution in [3.63, 3.8) is 0 Å². The summed E-state index contributed by atoms with van der Waals surface area (Å²) in [6.07, 6.45) is 4.56. The molecule has 1 saturated carbocycles. The third kappa shape index (κ3) is 4.07. The van der Waals surface area contributed by atoms with Crippen molar-refractivity contribution < 1.29 is 23.9 Å². The largest absolute Gasteiger partial charge is 0.487 e. The fourth-order valence-electron chi connectivity index (χ4n) is 4.81. The van der Waals surface area contributed by atoms with Gasteiger partial charge < -0.3 is 14.4 Å². The first-order valence-corrected chi connectivity index (χ1v) is 11.2. The molecule has 0 radical (unpaired) electrons. The van der Waals surface area contributed by atoms with Gasteiger partial charge in [-0.25, -0.2) is 0 Å². The summed E-state index contributed by atoms with van der Waals surface area (Å²) in [4.78, 5) is 38.1. The Kier molecular flexibility index (Phi) is 5.55. The molecule has 2 heterocycles. The molecule has 2 fully saturated rings. The molecule has 1 saturated heterocycles. The number of ether oxygens (including phenoxy) is 2. The maximum atomic E-state index is 12.9. The number of hydrogen-bond donors (Lipinski definition) is 1. The van der Waals surface area contributed by atoms with Crippen LogP contribution in [-0.4, -0.2) is 40.9 Å². The van der Waals surface area contributed by atoms with E-state index in [0.717, 1.165) is 37.0 Å². The first-order valence-electron chi connectivity index (χ1n) is 11.2. The van der Waals surface area contributed by atoms with E-state index in [9.17, 15) is 14.4 Å². The second kappa shape index (κ2) is 8.65. The normalized spacial score (nSPS) is 25.3. The quantitative estimate of drug-likeness (QED) is 0.731. The van der Waals surface area contributed by atoms with Crippen LogP contribution in [0.4, 0.5) is 0 Å². The van der Waals surface area contributed by atoms with E-state index < -0.39 is 11.9 Å². The maximum absolute atomic E-state index is 12.9. The Bertz CT molecular complexity index is 1040. The first-order chi connectivity index (χ1) is 15.6. The van der Waals surface area contributed by atoms with Gasteiger partial charge in [-0.05, 0) is 68.0 Å². The number of para-hydroxylation sites is 1. The molecule has 0 aromatic heterocycles. The third-order valence-electron chi connectivity index (χ3n) is 6.46. The van der Waals surface area contributed by atoms with Crippen molar-refractivity contribution >= 4 is 17.7 Å². The lowest BCUT2D eigenvalue weighted by molar-refractivity contribution is -0.136. The smallest absolute Gasteiger partial charge is 0.255 e. The number of fused-ring (bicyclic) bond motifs is 1. The fraction of sp³-hybridized carbons (Fsp3) is 0.400. The minimum absolute atomic E-state index is 0.0268. The van der Waals surface area contributed by atoms with E-state index in [0.29, 0.717) is 24.3 Å². The Morgan fingerprint density at radius 2 is 1.56 bits per heavy atom. The van der Waals surface area contributed by atoms with Gasteiger partial charge in [-0.3, -0.25) is 19.7 Å². The molecule has 2 aromatic carbocycles. The van der Waals surface area contributed by atoms with Crippen molar-refractivity contribution in [2.24, 2.45) is 0 Å². The summed E-state index contributed by atoms with van der Waals surface area (Å²) in [5.41, 5.74) is 1.43. The van der Waals surface area contributed by atoms with Crippen LogP contribution in [-0.2, 0) is 16.1 Å². The Morgan fingerprint density at radius 1 is 0.844 bits per heavy atom. The van der Waals surface area contributed by atoms with Gasteiger partial charge >= 0.3 is 0 Å². The van der Waals surface area contributed by atoms with Crippen molar-refractivity contribution in [1.82, 2.24) is 10.2 Å². The number of benzene rings is 2. The summed E-state index contributed by atoms with van der Waals surface area (Å²) in [6, 6.07) is 14.7. The summed E-state index contributed by atoms with van der Waals surface area (Å²) >= 11 is 0. The molecule has 166 valence electrons. The van der Waals surface area contributed by atoms with E-state index in [-0.39, 0.29) is 30.4 Å². The van der Waals surface area contributed by atoms with Gasteiger partial charge in [0.05, 0.1) is 0 Å². The topological polar surface area (TPSA) is 84.9 Å². The molecule has 7 heteroatoms. The van der Waals surface area contributed by atoms with Crippen molar-refractivity contribution in [2.45, 2.75) is 63.3 Å². The second-order valence-electron chi connectivity index (χ2n) is 8.63. The third-order valence-corrected chi connectivity index (χ3v) is 6.46.